The first-order valence-corrected chi connectivity index (χ1v) is 7.08. The molecule has 0 unspecified atom stereocenters. The number of hydrogen-bond donors (Lipinski definition) is 1. The zero-order valence-electron chi connectivity index (χ0n) is 13.0. The van der Waals surface area contributed by atoms with Gasteiger partial charge in [0, 0.05) is 5.69 Å². The van der Waals surface area contributed by atoms with Gasteiger partial charge in [-0.05, 0) is 49.6 Å². The minimum atomic E-state index is -0.491. The predicted molar refractivity (Wildman–Crippen MR) is 86.0 cm³/mol. The molecule has 0 atom stereocenters. The number of esters is 1. The monoisotopic (exact) mass is 297 g/mol. The van der Waals surface area contributed by atoms with Gasteiger partial charge in [-0.25, -0.2) is 4.79 Å². The molecule has 0 radical (unpaired) electrons. The van der Waals surface area contributed by atoms with Gasteiger partial charge in [0.2, 0.25) is 0 Å². The van der Waals surface area contributed by atoms with Crippen molar-refractivity contribution >= 4 is 17.6 Å². The van der Waals surface area contributed by atoms with Gasteiger partial charge in [0.1, 0.15) is 0 Å². The molecule has 4 nitrogen and oxygen atoms in total. The first-order valence-electron chi connectivity index (χ1n) is 7.08. The Hall–Kier alpha value is -2.62. The molecule has 0 fully saturated rings. The first-order chi connectivity index (χ1) is 10.5. The van der Waals surface area contributed by atoms with Crippen molar-refractivity contribution in [3.05, 3.63) is 64.7 Å². The number of amides is 1. The largest absolute Gasteiger partial charge is 0.452 e. The number of rotatable bonds is 4. The summed E-state index contributed by atoms with van der Waals surface area (Å²) in [5.41, 5.74) is 4.12. The molecule has 22 heavy (non-hydrogen) atoms. The summed E-state index contributed by atoms with van der Waals surface area (Å²) in [6.45, 7) is 5.43. The van der Waals surface area contributed by atoms with Gasteiger partial charge in [0.25, 0.3) is 5.91 Å². The van der Waals surface area contributed by atoms with Crippen LogP contribution < -0.4 is 5.32 Å². The number of aryl methyl sites for hydroxylation is 2. The maximum atomic E-state index is 11.9. The molecule has 0 spiro atoms. The summed E-state index contributed by atoms with van der Waals surface area (Å²) in [7, 11) is 0. The van der Waals surface area contributed by atoms with E-state index in [4.69, 9.17) is 4.74 Å². The maximum absolute atomic E-state index is 11.9. The smallest absolute Gasteiger partial charge is 0.338 e. The number of nitrogens with one attached hydrogen (secondary N) is 1. The van der Waals surface area contributed by atoms with Crippen molar-refractivity contribution in [1.82, 2.24) is 0 Å². The van der Waals surface area contributed by atoms with Crippen LogP contribution in [-0.2, 0) is 9.53 Å². The van der Waals surface area contributed by atoms with E-state index in [9.17, 15) is 9.59 Å². The molecule has 0 aliphatic heterocycles. The molecule has 1 N–H and O–H groups in total. The lowest BCUT2D eigenvalue weighted by Crippen LogP contribution is -2.21. The van der Waals surface area contributed by atoms with Crippen LogP contribution in [0.3, 0.4) is 0 Å². The second-order valence-electron chi connectivity index (χ2n) is 5.19. The van der Waals surface area contributed by atoms with E-state index in [1.807, 2.05) is 51.1 Å². The Bertz CT molecular complexity index is 707. The molecule has 1 amide bonds. The Balaban J connectivity index is 1.95. The van der Waals surface area contributed by atoms with Crippen molar-refractivity contribution in [2.75, 3.05) is 11.9 Å². The molecule has 2 aromatic rings. The lowest BCUT2D eigenvalue weighted by molar-refractivity contribution is -0.119. The molecule has 0 aliphatic carbocycles. The Morgan fingerprint density at radius 3 is 2.36 bits per heavy atom. The number of carbonyl (C=O) groups excluding carboxylic acids is 2. The molecule has 114 valence electrons. The zero-order valence-corrected chi connectivity index (χ0v) is 13.0. The van der Waals surface area contributed by atoms with Gasteiger partial charge in [-0.1, -0.05) is 30.3 Å². The third kappa shape index (κ3) is 3.73. The van der Waals surface area contributed by atoms with E-state index in [1.54, 1.807) is 12.1 Å². The molecule has 2 rings (SSSR count). The fraction of sp³-hybridized carbons (Fsp3) is 0.222. The molecular formula is C18H19NO3. The topological polar surface area (TPSA) is 55.4 Å². The Morgan fingerprint density at radius 1 is 0.955 bits per heavy atom. The van der Waals surface area contributed by atoms with Gasteiger partial charge in [0.05, 0.1) is 5.56 Å². The SMILES string of the molecule is Cc1ccccc1C(=O)OCC(=O)Nc1cccc(C)c1C. The van der Waals surface area contributed by atoms with Crippen molar-refractivity contribution in [1.29, 1.82) is 0 Å². The van der Waals surface area contributed by atoms with E-state index in [2.05, 4.69) is 5.32 Å². The maximum Gasteiger partial charge on any atom is 0.338 e. The fourth-order valence-electron chi connectivity index (χ4n) is 2.08. The standard InChI is InChI=1S/C18H19NO3/c1-12-8-6-10-16(14(12)3)19-17(20)11-22-18(21)15-9-5-4-7-13(15)2/h4-10H,11H2,1-3H3,(H,19,20). The predicted octanol–water partition coefficient (Wildman–Crippen LogP) is 3.41. The zero-order chi connectivity index (χ0) is 16.1. The van der Waals surface area contributed by atoms with Crippen LogP contribution in [0.1, 0.15) is 27.0 Å². The molecule has 2 aromatic carbocycles. The average Bonchev–Trinajstić information content (AvgIpc) is 2.50. The summed E-state index contributed by atoms with van der Waals surface area (Å²) in [5.74, 6) is -0.843. The van der Waals surface area contributed by atoms with Crippen LogP contribution in [0.2, 0.25) is 0 Å². The van der Waals surface area contributed by atoms with Gasteiger partial charge >= 0.3 is 5.97 Å². The molecule has 0 bridgehead atoms. The number of benzene rings is 2. The van der Waals surface area contributed by atoms with E-state index in [0.717, 1.165) is 22.4 Å². The first kappa shape index (κ1) is 15.8. The van der Waals surface area contributed by atoms with Gasteiger partial charge < -0.3 is 10.1 Å². The molecule has 0 aromatic heterocycles. The number of hydrogen-bond acceptors (Lipinski definition) is 3. The van der Waals surface area contributed by atoms with Crippen LogP contribution in [0.4, 0.5) is 5.69 Å². The summed E-state index contributed by atoms with van der Waals surface area (Å²) in [6, 6.07) is 12.8. The summed E-state index contributed by atoms with van der Waals surface area (Å²) < 4.78 is 5.06. The second-order valence-corrected chi connectivity index (χ2v) is 5.19. The molecular weight excluding hydrogens is 278 g/mol. The highest BCUT2D eigenvalue weighted by Crippen LogP contribution is 2.17. The summed E-state index contributed by atoms with van der Waals surface area (Å²) in [4.78, 5) is 23.8. The van der Waals surface area contributed by atoms with Crippen LogP contribution in [0, 0.1) is 20.8 Å². The van der Waals surface area contributed by atoms with E-state index in [-0.39, 0.29) is 12.5 Å². The molecule has 0 heterocycles. The number of anilines is 1. The van der Waals surface area contributed by atoms with Gasteiger partial charge in [-0.2, -0.15) is 0 Å². The van der Waals surface area contributed by atoms with Gasteiger partial charge in [0.15, 0.2) is 6.61 Å². The highest BCUT2D eigenvalue weighted by atomic mass is 16.5. The molecule has 0 saturated carbocycles. The highest BCUT2D eigenvalue weighted by Gasteiger charge is 2.12. The van der Waals surface area contributed by atoms with Crippen molar-refractivity contribution < 1.29 is 14.3 Å². The van der Waals surface area contributed by atoms with Crippen LogP contribution in [0.25, 0.3) is 0 Å². The van der Waals surface area contributed by atoms with Crippen LogP contribution in [0.15, 0.2) is 42.5 Å². The average molecular weight is 297 g/mol. The van der Waals surface area contributed by atoms with Gasteiger partial charge in [-0.15, -0.1) is 0 Å². The number of carbonyl (C=O) groups is 2. The summed E-state index contributed by atoms with van der Waals surface area (Å²) in [5, 5.41) is 2.76. The molecule has 0 aliphatic rings. The minimum absolute atomic E-state index is 0.305. The van der Waals surface area contributed by atoms with Crippen molar-refractivity contribution in [2.24, 2.45) is 0 Å². The fourth-order valence-corrected chi connectivity index (χ4v) is 2.08. The lowest BCUT2D eigenvalue weighted by Gasteiger charge is -2.11. The highest BCUT2D eigenvalue weighted by molar-refractivity contribution is 5.96. The normalized spacial score (nSPS) is 10.1. The van der Waals surface area contributed by atoms with E-state index >= 15 is 0 Å². The quantitative estimate of drug-likeness (QED) is 0.880. The van der Waals surface area contributed by atoms with Crippen molar-refractivity contribution in [2.45, 2.75) is 20.8 Å². The van der Waals surface area contributed by atoms with Crippen molar-refractivity contribution in [3.8, 4) is 0 Å². The lowest BCUT2D eigenvalue weighted by atomic mass is 10.1. The van der Waals surface area contributed by atoms with E-state index in [1.165, 1.54) is 0 Å². The van der Waals surface area contributed by atoms with Crippen LogP contribution in [-0.4, -0.2) is 18.5 Å². The van der Waals surface area contributed by atoms with Crippen LogP contribution >= 0.6 is 0 Å². The van der Waals surface area contributed by atoms with Crippen molar-refractivity contribution in [3.63, 3.8) is 0 Å². The number of ether oxygens (including phenoxy) is 1. The Labute approximate surface area is 130 Å². The van der Waals surface area contributed by atoms with E-state index < -0.39 is 5.97 Å². The second kappa shape index (κ2) is 6.89. The third-order valence-corrected chi connectivity index (χ3v) is 3.58. The Kier molecular flexibility index (Phi) is 4.94. The van der Waals surface area contributed by atoms with E-state index in [0.29, 0.717) is 5.56 Å². The van der Waals surface area contributed by atoms with Crippen LogP contribution in [0.5, 0.6) is 0 Å². The summed E-state index contributed by atoms with van der Waals surface area (Å²) >= 11 is 0. The molecule has 4 heteroatoms. The Morgan fingerprint density at radius 2 is 1.64 bits per heavy atom. The summed E-state index contributed by atoms with van der Waals surface area (Å²) in [6.07, 6.45) is 0. The minimum Gasteiger partial charge on any atom is -0.452 e. The third-order valence-electron chi connectivity index (χ3n) is 3.58. The van der Waals surface area contributed by atoms with Gasteiger partial charge in [-0.3, -0.25) is 4.79 Å². The molecule has 0 saturated heterocycles.